The summed E-state index contributed by atoms with van der Waals surface area (Å²) in [5.74, 6) is -2.70. The van der Waals surface area contributed by atoms with Crippen LogP contribution in [-0.4, -0.2) is 46.0 Å². The lowest BCUT2D eigenvalue weighted by Crippen LogP contribution is -2.50. The topological polar surface area (TPSA) is 115 Å². The molecule has 3 saturated carbocycles. The van der Waals surface area contributed by atoms with Crippen LogP contribution in [0.25, 0.3) is 5.65 Å². The molecule has 12 heteroatoms. The molecule has 3 fully saturated rings. The Morgan fingerprint density at radius 2 is 1.74 bits per heavy atom. The molecule has 38 heavy (non-hydrogen) atoms. The zero-order valence-electron chi connectivity index (χ0n) is 20.7. The number of halogens is 3. The number of aromatic nitrogens is 3. The Kier molecular flexibility index (Phi) is 6.81. The van der Waals surface area contributed by atoms with Gasteiger partial charge in [-0.3, -0.25) is 14.4 Å². The summed E-state index contributed by atoms with van der Waals surface area (Å²) in [7, 11) is 1.41. The number of nitrogens with zero attached hydrogens (tertiary/aromatic N) is 3. The summed E-state index contributed by atoms with van der Waals surface area (Å²) in [4.78, 5) is 42.4. The first-order valence-corrected chi connectivity index (χ1v) is 12.7. The molecular weight excluding hydrogens is 520 g/mol. The highest BCUT2D eigenvalue weighted by Gasteiger charge is 2.53. The van der Waals surface area contributed by atoms with Crippen molar-refractivity contribution in [3.8, 4) is 0 Å². The van der Waals surface area contributed by atoms with Crippen LogP contribution >= 0.6 is 11.6 Å². The lowest BCUT2D eigenvalue weighted by atomic mass is 9.53. The molecule has 0 unspecified atom stereocenters. The zero-order chi connectivity index (χ0) is 27.1. The minimum Gasteiger partial charge on any atom is -0.469 e. The number of nitrogens with one attached hydrogen (secondary N) is 2. The number of amides is 2. The van der Waals surface area contributed by atoms with E-state index in [1.54, 1.807) is 0 Å². The van der Waals surface area contributed by atoms with Gasteiger partial charge in [-0.2, -0.15) is 5.10 Å². The average Bonchev–Trinajstić information content (AvgIpc) is 3.32. The fraction of sp³-hybridized carbons (Fsp3) is 0.423. The Balaban J connectivity index is 1.31. The number of esters is 1. The van der Waals surface area contributed by atoms with Gasteiger partial charge in [-0.15, -0.1) is 0 Å². The van der Waals surface area contributed by atoms with Crippen molar-refractivity contribution in [1.82, 2.24) is 25.2 Å². The summed E-state index contributed by atoms with van der Waals surface area (Å²) in [6.07, 6.45) is 5.41. The van der Waals surface area contributed by atoms with Crippen molar-refractivity contribution in [1.29, 1.82) is 0 Å². The summed E-state index contributed by atoms with van der Waals surface area (Å²) in [5.41, 5.74) is -0.485. The second-order valence-corrected chi connectivity index (χ2v) is 10.5. The number of ether oxygens (including phenoxy) is 1. The van der Waals surface area contributed by atoms with Crippen molar-refractivity contribution in [2.75, 3.05) is 13.7 Å². The van der Waals surface area contributed by atoms with E-state index in [0.717, 1.165) is 30.0 Å². The first kappa shape index (κ1) is 26.0. The molecule has 0 saturated heterocycles. The Morgan fingerprint density at radius 1 is 1.03 bits per heavy atom. The van der Waals surface area contributed by atoms with Crippen LogP contribution in [0.4, 0.5) is 8.78 Å². The molecule has 3 aromatic rings. The Hall–Kier alpha value is -3.60. The molecule has 2 aromatic heterocycles. The van der Waals surface area contributed by atoms with Gasteiger partial charge in [-0.05, 0) is 61.6 Å². The van der Waals surface area contributed by atoms with Gasteiger partial charge in [0.25, 0.3) is 11.8 Å². The number of hydrogen-bond acceptors (Lipinski definition) is 6. The molecule has 1 aromatic carbocycles. The number of hydrogen-bond donors (Lipinski definition) is 2. The maximum atomic E-state index is 14.4. The number of carbonyl (C=O) groups is 3. The van der Waals surface area contributed by atoms with Crippen LogP contribution in [0.1, 0.15) is 65.1 Å². The van der Waals surface area contributed by atoms with Gasteiger partial charge in [0.15, 0.2) is 11.5 Å². The molecule has 0 radical (unpaired) electrons. The maximum Gasteiger partial charge on any atom is 0.311 e. The molecule has 2 heterocycles. The minimum absolute atomic E-state index is 0.0184. The first-order chi connectivity index (χ1) is 18.2. The quantitative estimate of drug-likeness (QED) is 0.436. The van der Waals surface area contributed by atoms with Crippen molar-refractivity contribution in [2.24, 2.45) is 10.8 Å². The van der Waals surface area contributed by atoms with Gasteiger partial charge in [0.2, 0.25) is 0 Å². The molecule has 6 rings (SSSR count). The van der Waals surface area contributed by atoms with Gasteiger partial charge in [-0.25, -0.2) is 18.3 Å². The van der Waals surface area contributed by atoms with Crippen molar-refractivity contribution >= 4 is 35.0 Å². The van der Waals surface area contributed by atoms with Crippen LogP contribution in [0.5, 0.6) is 0 Å². The number of rotatable bonds is 7. The molecule has 3 aliphatic rings. The Morgan fingerprint density at radius 3 is 2.39 bits per heavy atom. The monoisotopic (exact) mass is 545 g/mol. The van der Waals surface area contributed by atoms with Crippen LogP contribution < -0.4 is 10.6 Å². The lowest BCUT2D eigenvalue weighted by molar-refractivity contribution is -0.162. The molecule has 2 amide bonds. The van der Waals surface area contributed by atoms with Gasteiger partial charge < -0.3 is 15.4 Å². The van der Waals surface area contributed by atoms with Crippen LogP contribution in [0.3, 0.4) is 0 Å². The van der Waals surface area contributed by atoms with Gasteiger partial charge >= 0.3 is 5.97 Å². The number of benzene rings is 1. The van der Waals surface area contributed by atoms with Crippen molar-refractivity contribution in [2.45, 2.75) is 45.1 Å². The molecule has 200 valence electrons. The third-order valence-electron chi connectivity index (χ3n) is 7.98. The van der Waals surface area contributed by atoms with Gasteiger partial charge in [-0.1, -0.05) is 17.7 Å². The van der Waals surface area contributed by atoms with E-state index in [0.29, 0.717) is 31.4 Å². The minimum atomic E-state index is -0.781. The highest BCUT2D eigenvalue weighted by atomic mass is 35.5. The van der Waals surface area contributed by atoms with Crippen LogP contribution in [0.15, 0.2) is 30.5 Å². The van der Waals surface area contributed by atoms with Crippen molar-refractivity contribution < 1.29 is 27.9 Å². The van der Waals surface area contributed by atoms with E-state index in [4.69, 9.17) is 16.3 Å². The van der Waals surface area contributed by atoms with Crippen LogP contribution in [-0.2, 0) is 16.1 Å². The normalized spacial score (nSPS) is 22.3. The van der Waals surface area contributed by atoms with Crippen molar-refractivity contribution in [3.63, 3.8) is 0 Å². The second-order valence-electron chi connectivity index (χ2n) is 10.1. The molecule has 2 bridgehead atoms. The molecule has 0 spiro atoms. The Bertz CT molecular complexity index is 1420. The molecule has 9 nitrogen and oxygen atoms in total. The lowest BCUT2D eigenvalue weighted by Gasteiger charge is -2.51. The van der Waals surface area contributed by atoms with E-state index < -0.39 is 28.9 Å². The average molecular weight is 546 g/mol. The summed E-state index contributed by atoms with van der Waals surface area (Å²) in [6.45, 7) is 0.397. The fourth-order valence-corrected chi connectivity index (χ4v) is 5.75. The number of carbonyl (C=O) groups excluding carboxylic acids is 3. The third-order valence-corrected chi connectivity index (χ3v) is 8.26. The molecular formula is C26H26ClF2N5O4. The van der Waals surface area contributed by atoms with E-state index >= 15 is 0 Å². The van der Waals surface area contributed by atoms with Crippen LogP contribution in [0.2, 0.25) is 5.02 Å². The largest absolute Gasteiger partial charge is 0.469 e. The summed E-state index contributed by atoms with van der Waals surface area (Å²) >= 11 is 5.79. The number of fused-ring (bicyclic) bond motifs is 4. The Labute approximate surface area is 221 Å². The van der Waals surface area contributed by atoms with E-state index in [-0.39, 0.29) is 40.0 Å². The summed E-state index contributed by atoms with van der Waals surface area (Å²) in [6, 6.07) is 5.29. The van der Waals surface area contributed by atoms with Gasteiger partial charge in [0.05, 0.1) is 23.7 Å². The highest BCUT2D eigenvalue weighted by Crippen LogP contribution is 2.57. The number of methoxy groups -OCH3 is 1. The van der Waals surface area contributed by atoms with Gasteiger partial charge in [0, 0.05) is 19.2 Å². The van der Waals surface area contributed by atoms with Gasteiger partial charge in [0.1, 0.15) is 17.2 Å². The second kappa shape index (κ2) is 9.94. The van der Waals surface area contributed by atoms with Crippen LogP contribution in [0, 0.1) is 22.5 Å². The molecule has 2 N–H and O–H groups in total. The van der Waals surface area contributed by atoms with E-state index in [1.807, 2.05) is 0 Å². The first-order valence-electron chi connectivity index (χ1n) is 12.3. The van der Waals surface area contributed by atoms with Crippen molar-refractivity contribution in [3.05, 3.63) is 64.1 Å². The fourth-order valence-electron chi connectivity index (χ4n) is 5.55. The van der Waals surface area contributed by atoms with E-state index in [1.165, 1.54) is 31.4 Å². The molecule has 3 aliphatic carbocycles. The summed E-state index contributed by atoms with van der Waals surface area (Å²) in [5, 5.41) is 9.39. The molecule has 0 aliphatic heterocycles. The predicted octanol–water partition coefficient (Wildman–Crippen LogP) is 3.83. The predicted molar refractivity (Wildman–Crippen MR) is 132 cm³/mol. The molecule has 0 atom stereocenters. The van der Waals surface area contributed by atoms with E-state index in [2.05, 4.69) is 20.7 Å². The standard InChI is InChI=1S/C26H26ClF2N5O4/c1-38-24(37)26-7-4-25(5-8-26,6-9-26)14-31-23(36)20-11-19(33-21-18(29)13-32-34(20)21)22(35)30-12-15-2-3-17(28)16(27)10-15/h2-3,10-11,13H,4-9,12,14H2,1H3,(H,30,35)(H,31,36). The maximum absolute atomic E-state index is 14.4. The zero-order valence-corrected chi connectivity index (χ0v) is 21.4. The summed E-state index contributed by atoms with van der Waals surface area (Å²) < 4.78 is 33.9. The SMILES string of the molecule is COC(=O)C12CCC(CNC(=O)c3cc(C(=O)NCc4ccc(F)c(Cl)c4)nc4c(F)cnn34)(CC1)CC2. The smallest absolute Gasteiger partial charge is 0.311 e. The van der Waals surface area contributed by atoms with E-state index in [9.17, 15) is 23.2 Å². The highest BCUT2D eigenvalue weighted by molar-refractivity contribution is 6.30. The third kappa shape index (κ3) is 4.70.